The lowest BCUT2D eigenvalue weighted by Crippen LogP contribution is -2.48. The van der Waals surface area contributed by atoms with E-state index in [1.54, 1.807) is 12.1 Å². The molecule has 0 aliphatic carbocycles. The van der Waals surface area contributed by atoms with Gasteiger partial charge in [0.15, 0.2) is 11.6 Å². The molecule has 2 amide bonds. The van der Waals surface area contributed by atoms with E-state index in [0.29, 0.717) is 31.6 Å². The maximum Gasteiger partial charge on any atom is 0.224 e. The van der Waals surface area contributed by atoms with E-state index < -0.39 is 42.8 Å². The number of rotatable bonds is 11. The summed E-state index contributed by atoms with van der Waals surface area (Å²) in [4.78, 5) is 51.3. The lowest BCUT2D eigenvalue weighted by Gasteiger charge is -2.29. The number of nitrogens with one attached hydrogen (secondary N) is 2. The van der Waals surface area contributed by atoms with E-state index in [2.05, 4.69) is 10.6 Å². The normalized spacial score (nSPS) is 20.8. The minimum atomic E-state index is -0.884. The van der Waals surface area contributed by atoms with E-state index in [9.17, 15) is 28.7 Å². The van der Waals surface area contributed by atoms with Crippen LogP contribution in [0.2, 0.25) is 0 Å². The topological polar surface area (TPSA) is 122 Å². The molecule has 2 aliphatic rings. The van der Waals surface area contributed by atoms with Crippen molar-refractivity contribution < 1.29 is 33.4 Å². The van der Waals surface area contributed by atoms with Crippen LogP contribution in [0.5, 0.6) is 5.75 Å². The van der Waals surface area contributed by atoms with Crippen LogP contribution in [-0.4, -0.2) is 61.0 Å². The smallest absolute Gasteiger partial charge is 0.224 e. The van der Waals surface area contributed by atoms with Crippen molar-refractivity contribution in [3.63, 3.8) is 0 Å². The molecule has 36 heavy (non-hydrogen) atoms. The van der Waals surface area contributed by atoms with Crippen LogP contribution in [-0.2, 0) is 25.6 Å². The average molecular weight is 507 g/mol. The molecule has 8 nitrogen and oxygen atoms in total. The van der Waals surface area contributed by atoms with Gasteiger partial charge in [0.25, 0.3) is 0 Å². The molecule has 9 heteroatoms. The molecule has 1 aromatic carbocycles. The summed E-state index contributed by atoms with van der Waals surface area (Å²) >= 11 is 0. The van der Waals surface area contributed by atoms with E-state index in [1.165, 1.54) is 0 Å². The fourth-order valence-corrected chi connectivity index (χ4v) is 4.43. The molecule has 3 atom stereocenters. The lowest BCUT2D eigenvalue weighted by molar-refractivity contribution is -0.137. The molecule has 200 valence electrons. The lowest BCUT2D eigenvalue weighted by atomic mass is 9.79. The number of ether oxygens (including phenoxy) is 1. The van der Waals surface area contributed by atoms with Crippen molar-refractivity contribution >= 4 is 23.4 Å². The Bertz CT molecular complexity index is 874. The summed E-state index contributed by atoms with van der Waals surface area (Å²) in [5.41, 5.74) is 0.814. The van der Waals surface area contributed by atoms with Gasteiger partial charge in [-0.1, -0.05) is 26.0 Å². The number of ketones is 2. The second kappa shape index (κ2) is 15.3. The number of amides is 2. The number of Topliss-reactive ketones (excluding diaryl/α,β-unsaturated/α-hetero) is 2. The van der Waals surface area contributed by atoms with Crippen molar-refractivity contribution in [2.24, 2.45) is 17.8 Å². The van der Waals surface area contributed by atoms with Crippen molar-refractivity contribution in [2.75, 3.05) is 26.4 Å². The Morgan fingerprint density at radius 2 is 1.89 bits per heavy atom. The van der Waals surface area contributed by atoms with E-state index in [0.717, 1.165) is 5.56 Å². The number of hydrogen-bond donors (Lipinski definition) is 3. The van der Waals surface area contributed by atoms with Crippen molar-refractivity contribution in [1.82, 2.24) is 10.6 Å². The Hall–Kier alpha value is -2.81. The zero-order chi connectivity index (χ0) is 26.5. The van der Waals surface area contributed by atoms with E-state index in [4.69, 9.17) is 4.74 Å². The van der Waals surface area contributed by atoms with Crippen LogP contribution in [0.4, 0.5) is 4.39 Å². The summed E-state index contributed by atoms with van der Waals surface area (Å²) in [5, 5.41) is 15.0. The standard InChI is InChI=1S/C27H39FN2O6/c1-18(2)15-22-21(25(33)17-31)5-3-14-36-20-8-6-19(7-9-20)16-23(30-27(22)35)24(32)10-11-26(34)29-13-4-12-28/h6-9,18,21-23,31H,3-5,10-17H2,1-2H3,(H,29,34)(H,30,35)/t21-,22+,23-/m0/s1. The van der Waals surface area contributed by atoms with Gasteiger partial charge >= 0.3 is 0 Å². The number of carbonyl (C=O) groups excluding carboxylic acids is 4. The number of aliphatic hydroxyl groups is 1. The van der Waals surface area contributed by atoms with Crippen molar-refractivity contribution in [3.05, 3.63) is 29.8 Å². The highest BCUT2D eigenvalue weighted by atomic mass is 19.1. The van der Waals surface area contributed by atoms with Crippen LogP contribution < -0.4 is 15.4 Å². The molecule has 3 N–H and O–H groups in total. The molecule has 0 spiro atoms. The fourth-order valence-electron chi connectivity index (χ4n) is 4.43. The Morgan fingerprint density at radius 3 is 2.53 bits per heavy atom. The molecular formula is C27H39FN2O6. The summed E-state index contributed by atoms with van der Waals surface area (Å²) in [6.07, 6.45) is 1.62. The number of fused-ring (bicyclic) bond motifs is 11. The highest BCUT2D eigenvalue weighted by Gasteiger charge is 2.35. The molecule has 2 heterocycles. The van der Waals surface area contributed by atoms with Crippen molar-refractivity contribution in [1.29, 1.82) is 0 Å². The largest absolute Gasteiger partial charge is 0.494 e. The molecule has 0 saturated carbocycles. The first-order chi connectivity index (χ1) is 17.2. The van der Waals surface area contributed by atoms with Gasteiger partial charge in [-0.25, -0.2) is 0 Å². The van der Waals surface area contributed by atoms with Crippen molar-refractivity contribution in [2.45, 2.75) is 64.8 Å². The van der Waals surface area contributed by atoms with E-state index in [-0.39, 0.29) is 49.8 Å². The number of aliphatic hydroxyl groups excluding tert-OH is 1. The van der Waals surface area contributed by atoms with Gasteiger partial charge in [-0.15, -0.1) is 0 Å². The minimum absolute atomic E-state index is 0.0642. The molecule has 0 saturated heterocycles. The number of benzene rings is 1. The van der Waals surface area contributed by atoms with Gasteiger partial charge in [0, 0.05) is 31.2 Å². The highest BCUT2D eigenvalue weighted by molar-refractivity contribution is 5.94. The van der Waals surface area contributed by atoms with Gasteiger partial charge < -0.3 is 20.5 Å². The van der Waals surface area contributed by atoms with Crippen LogP contribution >= 0.6 is 0 Å². The first-order valence-corrected chi connectivity index (χ1v) is 12.8. The zero-order valence-corrected chi connectivity index (χ0v) is 21.3. The quantitative estimate of drug-likeness (QED) is 0.397. The molecule has 2 aliphatic heterocycles. The molecule has 0 aromatic heterocycles. The molecular weight excluding hydrogens is 467 g/mol. The Kier molecular flexibility index (Phi) is 12.5. The van der Waals surface area contributed by atoms with E-state index in [1.807, 2.05) is 26.0 Å². The Balaban J connectivity index is 2.27. The van der Waals surface area contributed by atoms with Crippen LogP contribution in [0.3, 0.4) is 0 Å². The van der Waals surface area contributed by atoms with Gasteiger partial charge in [0.2, 0.25) is 11.8 Å². The Labute approximate surface area is 212 Å². The summed E-state index contributed by atoms with van der Waals surface area (Å²) in [6, 6.07) is 6.37. The third kappa shape index (κ3) is 9.68. The second-order valence-corrected chi connectivity index (χ2v) is 9.73. The summed E-state index contributed by atoms with van der Waals surface area (Å²) in [7, 11) is 0. The number of hydrogen-bond acceptors (Lipinski definition) is 6. The predicted molar refractivity (Wildman–Crippen MR) is 133 cm³/mol. The van der Waals surface area contributed by atoms with Gasteiger partial charge in [-0.3, -0.25) is 23.6 Å². The predicted octanol–water partition coefficient (Wildman–Crippen LogP) is 2.55. The fraction of sp³-hybridized carbons (Fsp3) is 0.630. The average Bonchev–Trinajstić information content (AvgIpc) is 2.85. The molecule has 2 bridgehead atoms. The third-order valence-electron chi connectivity index (χ3n) is 6.34. The minimum Gasteiger partial charge on any atom is -0.494 e. The molecule has 0 radical (unpaired) electrons. The Morgan fingerprint density at radius 1 is 1.17 bits per heavy atom. The second-order valence-electron chi connectivity index (χ2n) is 9.73. The number of carbonyl (C=O) groups is 4. The first-order valence-electron chi connectivity index (χ1n) is 12.8. The summed E-state index contributed by atoms with van der Waals surface area (Å²) < 4.78 is 18.0. The van der Waals surface area contributed by atoms with Crippen molar-refractivity contribution in [3.8, 4) is 5.75 Å². The van der Waals surface area contributed by atoms with Gasteiger partial charge in [-0.2, -0.15) is 0 Å². The third-order valence-corrected chi connectivity index (χ3v) is 6.34. The van der Waals surface area contributed by atoms with Crippen LogP contribution in [0.25, 0.3) is 0 Å². The molecule has 0 fully saturated rings. The molecule has 0 unspecified atom stereocenters. The molecule has 3 rings (SSSR count). The summed E-state index contributed by atoms with van der Waals surface area (Å²) in [6.45, 7) is 3.29. The van der Waals surface area contributed by atoms with Crippen LogP contribution in [0.15, 0.2) is 24.3 Å². The van der Waals surface area contributed by atoms with Gasteiger partial charge in [0.1, 0.15) is 12.4 Å². The van der Waals surface area contributed by atoms with Crippen LogP contribution in [0, 0.1) is 17.8 Å². The van der Waals surface area contributed by atoms with E-state index >= 15 is 0 Å². The highest BCUT2D eigenvalue weighted by Crippen LogP contribution is 2.27. The monoisotopic (exact) mass is 506 g/mol. The van der Waals surface area contributed by atoms with Gasteiger partial charge in [0.05, 0.1) is 19.3 Å². The SMILES string of the molecule is CC(C)C[C@H]1C(=O)N[C@H](C(=O)CCC(=O)NCCCF)Cc2ccc(cc2)OCCC[C@@H]1C(=O)CO. The van der Waals surface area contributed by atoms with Gasteiger partial charge in [-0.05, 0) is 55.7 Å². The summed E-state index contributed by atoms with van der Waals surface area (Å²) in [5.74, 6) is -2.08. The maximum absolute atomic E-state index is 13.5. The number of halogens is 1. The molecule has 1 aromatic rings. The zero-order valence-electron chi connectivity index (χ0n) is 21.3. The first kappa shape index (κ1) is 29.4. The number of alkyl halides is 1. The maximum atomic E-state index is 13.5. The van der Waals surface area contributed by atoms with Crippen LogP contribution in [0.1, 0.15) is 57.9 Å².